The van der Waals surface area contributed by atoms with Crippen molar-refractivity contribution in [2.75, 3.05) is 25.7 Å². The number of nitrogens with zero attached hydrogens (tertiary/aromatic N) is 1. The molecule has 0 bridgehead atoms. The van der Waals surface area contributed by atoms with Crippen LogP contribution in [0.5, 0.6) is 17.2 Å². The van der Waals surface area contributed by atoms with E-state index in [4.69, 9.17) is 25.8 Å². The summed E-state index contributed by atoms with van der Waals surface area (Å²) >= 11 is 6.24. The Labute approximate surface area is 214 Å². The molecule has 1 atom stereocenters. The van der Waals surface area contributed by atoms with Gasteiger partial charge in [-0.15, -0.1) is 0 Å². The third-order valence-electron chi connectivity index (χ3n) is 5.96. The van der Waals surface area contributed by atoms with Gasteiger partial charge in [-0.05, 0) is 55.3 Å². The molecule has 1 amide bonds. The predicted octanol–water partition coefficient (Wildman–Crippen LogP) is 5.69. The Balaban J connectivity index is 1.97. The number of carbonyl (C=O) groups excluding carboxylic acids is 2. The van der Waals surface area contributed by atoms with Crippen LogP contribution in [0.15, 0.2) is 66.2 Å². The van der Waals surface area contributed by atoms with Gasteiger partial charge in [0.2, 0.25) is 0 Å². The highest BCUT2D eigenvalue weighted by atomic mass is 35.5. The number of amides is 1. The standard InChI is InChI=1S/C28H26ClNO6/c1-5-36-19-11-9-17(10-12-19)25-24(26(31)20-14-23(35-4)21(29)15-22(20)34-3)27(32)28(33)30(25)18-8-6-7-16(2)13-18/h6-15,25,31H,5H2,1-4H3/b26-24+. The molecule has 1 heterocycles. The molecule has 36 heavy (non-hydrogen) atoms. The van der Waals surface area contributed by atoms with Gasteiger partial charge in [0.15, 0.2) is 0 Å². The van der Waals surface area contributed by atoms with Crippen LogP contribution in [0.4, 0.5) is 5.69 Å². The number of methoxy groups -OCH3 is 2. The number of hydrogen-bond acceptors (Lipinski definition) is 6. The van der Waals surface area contributed by atoms with Crippen LogP contribution in [-0.2, 0) is 9.59 Å². The predicted molar refractivity (Wildman–Crippen MR) is 138 cm³/mol. The summed E-state index contributed by atoms with van der Waals surface area (Å²) in [6.45, 7) is 4.28. The van der Waals surface area contributed by atoms with E-state index >= 15 is 0 Å². The van der Waals surface area contributed by atoms with E-state index in [2.05, 4.69) is 0 Å². The third kappa shape index (κ3) is 4.50. The second kappa shape index (κ2) is 10.3. The molecule has 1 saturated heterocycles. The number of anilines is 1. The number of benzene rings is 3. The van der Waals surface area contributed by atoms with E-state index in [0.717, 1.165) is 5.56 Å². The van der Waals surface area contributed by atoms with Gasteiger partial charge in [-0.3, -0.25) is 14.5 Å². The second-order valence-corrected chi connectivity index (χ2v) is 8.60. The maximum Gasteiger partial charge on any atom is 0.300 e. The summed E-state index contributed by atoms with van der Waals surface area (Å²) in [5.41, 5.74) is 2.19. The van der Waals surface area contributed by atoms with Crippen molar-refractivity contribution >= 4 is 34.7 Å². The lowest BCUT2D eigenvalue weighted by atomic mass is 9.94. The third-order valence-corrected chi connectivity index (χ3v) is 6.26. The number of rotatable bonds is 7. The molecule has 1 unspecified atom stereocenters. The smallest absolute Gasteiger partial charge is 0.300 e. The topological polar surface area (TPSA) is 85.3 Å². The lowest BCUT2D eigenvalue weighted by Crippen LogP contribution is -2.29. The molecule has 0 spiro atoms. The highest BCUT2D eigenvalue weighted by Crippen LogP contribution is 2.45. The molecule has 4 rings (SSSR count). The summed E-state index contributed by atoms with van der Waals surface area (Å²) < 4.78 is 16.3. The second-order valence-electron chi connectivity index (χ2n) is 8.20. The normalized spacial score (nSPS) is 16.8. The number of ketones is 1. The fourth-order valence-electron chi connectivity index (χ4n) is 4.30. The Bertz CT molecular complexity index is 1350. The van der Waals surface area contributed by atoms with Crippen molar-refractivity contribution in [2.45, 2.75) is 19.9 Å². The maximum absolute atomic E-state index is 13.4. The zero-order valence-electron chi connectivity index (χ0n) is 20.4. The molecule has 0 radical (unpaired) electrons. The number of Topliss-reactive ketones (excluding diaryl/α,β-unsaturated/α-hetero) is 1. The zero-order valence-corrected chi connectivity index (χ0v) is 21.1. The number of aliphatic hydroxyl groups excluding tert-OH is 1. The van der Waals surface area contributed by atoms with Crippen molar-refractivity contribution in [1.82, 2.24) is 0 Å². The summed E-state index contributed by atoms with van der Waals surface area (Å²) in [7, 11) is 2.86. The highest BCUT2D eigenvalue weighted by Gasteiger charge is 2.47. The minimum Gasteiger partial charge on any atom is -0.507 e. The molecule has 0 aromatic heterocycles. The van der Waals surface area contributed by atoms with Crippen LogP contribution >= 0.6 is 11.6 Å². The van der Waals surface area contributed by atoms with E-state index in [9.17, 15) is 14.7 Å². The fraction of sp³-hybridized carbons (Fsp3) is 0.214. The van der Waals surface area contributed by atoms with Crippen molar-refractivity contribution in [3.63, 3.8) is 0 Å². The lowest BCUT2D eigenvalue weighted by Gasteiger charge is -2.26. The molecule has 3 aromatic rings. The van der Waals surface area contributed by atoms with Gasteiger partial charge < -0.3 is 19.3 Å². The summed E-state index contributed by atoms with van der Waals surface area (Å²) in [6, 6.07) is 16.4. The van der Waals surface area contributed by atoms with E-state index < -0.39 is 23.5 Å². The van der Waals surface area contributed by atoms with Crippen LogP contribution in [0.25, 0.3) is 5.76 Å². The van der Waals surface area contributed by atoms with Crippen LogP contribution in [0.2, 0.25) is 5.02 Å². The molecular formula is C28H26ClNO6. The zero-order chi connectivity index (χ0) is 26.0. The summed E-state index contributed by atoms with van der Waals surface area (Å²) in [5, 5.41) is 11.8. The highest BCUT2D eigenvalue weighted by molar-refractivity contribution is 6.51. The molecule has 3 aromatic carbocycles. The quantitative estimate of drug-likeness (QED) is 0.251. The van der Waals surface area contributed by atoms with Gasteiger partial charge in [0.05, 0.1) is 43.0 Å². The first-order valence-corrected chi connectivity index (χ1v) is 11.7. The number of aryl methyl sites for hydroxylation is 1. The molecule has 1 aliphatic rings. The average molecular weight is 508 g/mol. The van der Waals surface area contributed by atoms with Gasteiger partial charge in [0.25, 0.3) is 11.7 Å². The van der Waals surface area contributed by atoms with Gasteiger partial charge in [-0.25, -0.2) is 0 Å². The molecule has 0 saturated carbocycles. The van der Waals surface area contributed by atoms with E-state index in [1.165, 1.54) is 31.3 Å². The SMILES string of the molecule is CCOc1ccc(C2/C(=C(\O)c3cc(OC)c(Cl)cc3OC)C(=O)C(=O)N2c2cccc(C)c2)cc1. The molecule has 1 aliphatic heterocycles. The minimum absolute atomic E-state index is 0.0756. The van der Waals surface area contributed by atoms with Crippen molar-refractivity contribution in [1.29, 1.82) is 0 Å². The monoisotopic (exact) mass is 507 g/mol. The first kappa shape index (κ1) is 25.1. The molecular weight excluding hydrogens is 482 g/mol. The fourth-order valence-corrected chi connectivity index (χ4v) is 4.53. The van der Waals surface area contributed by atoms with Gasteiger partial charge in [-0.2, -0.15) is 0 Å². The minimum atomic E-state index is -0.895. The van der Waals surface area contributed by atoms with Crippen molar-refractivity contribution < 1.29 is 28.9 Å². The number of halogens is 1. The van der Waals surface area contributed by atoms with Crippen LogP contribution in [0.1, 0.15) is 29.7 Å². The number of aliphatic hydroxyl groups is 1. The van der Waals surface area contributed by atoms with Crippen LogP contribution in [-0.4, -0.2) is 37.6 Å². The first-order valence-electron chi connectivity index (χ1n) is 11.3. The van der Waals surface area contributed by atoms with Crippen molar-refractivity contribution in [3.05, 3.63) is 87.9 Å². The van der Waals surface area contributed by atoms with Crippen molar-refractivity contribution in [2.24, 2.45) is 0 Å². The molecule has 0 aliphatic carbocycles. The largest absolute Gasteiger partial charge is 0.507 e. The summed E-state index contributed by atoms with van der Waals surface area (Å²) in [5.74, 6) is -0.799. The van der Waals surface area contributed by atoms with Gasteiger partial charge >= 0.3 is 0 Å². The Kier molecular flexibility index (Phi) is 7.22. The maximum atomic E-state index is 13.4. The summed E-state index contributed by atoms with van der Waals surface area (Å²) in [4.78, 5) is 28.2. The number of carbonyl (C=O) groups is 2. The Morgan fingerprint density at radius 1 is 1.00 bits per heavy atom. The Morgan fingerprint density at radius 3 is 2.31 bits per heavy atom. The number of hydrogen-bond donors (Lipinski definition) is 1. The van der Waals surface area contributed by atoms with Crippen LogP contribution in [0.3, 0.4) is 0 Å². The van der Waals surface area contributed by atoms with E-state index in [-0.39, 0.29) is 27.7 Å². The molecule has 7 nitrogen and oxygen atoms in total. The molecule has 186 valence electrons. The molecule has 8 heteroatoms. The Hall–Kier alpha value is -3.97. The lowest BCUT2D eigenvalue weighted by molar-refractivity contribution is -0.132. The first-order chi connectivity index (χ1) is 17.3. The number of ether oxygens (including phenoxy) is 3. The van der Waals surface area contributed by atoms with E-state index in [0.29, 0.717) is 23.6 Å². The molecule has 1 fully saturated rings. The average Bonchev–Trinajstić information content (AvgIpc) is 3.14. The van der Waals surface area contributed by atoms with Crippen molar-refractivity contribution in [3.8, 4) is 17.2 Å². The van der Waals surface area contributed by atoms with E-state index in [1.807, 2.05) is 32.0 Å². The summed E-state index contributed by atoms with van der Waals surface area (Å²) in [6.07, 6.45) is 0. The van der Waals surface area contributed by atoms with E-state index in [1.54, 1.807) is 30.3 Å². The van der Waals surface area contributed by atoms with Crippen LogP contribution in [0, 0.1) is 6.92 Å². The Morgan fingerprint density at radius 2 is 1.69 bits per heavy atom. The van der Waals surface area contributed by atoms with Gasteiger partial charge in [0, 0.05) is 11.8 Å². The molecule has 1 N–H and O–H groups in total. The van der Waals surface area contributed by atoms with Gasteiger partial charge in [0.1, 0.15) is 23.0 Å². The van der Waals surface area contributed by atoms with Crippen LogP contribution < -0.4 is 19.1 Å². The van der Waals surface area contributed by atoms with Gasteiger partial charge in [-0.1, -0.05) is 35.9 Å².